The normalized spacial score (nSPS) is 16.1. The quantitative estimate of drug-likeness (QED) is 0.512. The minimum atomic E-state index is -0.428. The van der Waals surface area contributed by atoms with Crippen LogP contribution in [0.1, 0.15) is 44.1 Å². The number of nitro groups is 1. The van der Waals surface area contributed by atoms with Gasteiger partial charge in [0.25, 0.3) is 5.69 Å². The molecule has 0 aliphatic heterocycles. The maximum atomic E-state index is 12.2. The third kappa shape index (κ3) is 5.03. The molecule has 1 N–H and O–H groups in total. The molecule has 0 bridgehead atoms. The summed E-state index contributed by atoms with van der Waals surface area (Å²) in [6, 6.07) is 5.23. The average molecular weight is 319 g/mol. The van der Waals surface area contributed by atoms with E-state index in [-0.39, 0.29) is 11.6 Å². The van der Waals surface area contributed by atoms with Crippen molar-refractivity contribution in [2.45, 2.75) is 51.5 Å². The number of rotatable bonds is 5. The lowest BCUT2D eigenvalue weighted by atomic mass is 10.1. The second-order valence-electron chi connectivity index (χ2n) is 6.37. The average Bonchev–Trinajstić information content (AvgIpc) is 2.78. The van der Waals surface area contributed by atoms with Crippen LogP contribution in [-0.4, -0.2) is 35.4 Å². The van der Waals surface area contributed by atoms with Crippen molar-refractivity contribution in [2.75, 3.05) is 18.9 Å². The Balaban J connectivity index is 1.93. The van der Waals surface area contributed by atoms with Crippen LogP contribution in [0.15, 0.2) is 18.2 Å². The standard InChI is InChI=1S/C17H25N3O3/c1-13-9-10-14(11-16(13)20(22)23)18-17(21)12-19(2)15-7-5-3-4-6-8-15/h9-11,15H,3-8,12H2,1-2H3,(H,18,21). The van der Waals surface area contributed by atoms with Gasteiger partial charge in [0.2, 0.25) is 5.91 Å². The molecule has 126 valence electrons. The van der Waals surface area contributed by atoms with E-state index in [9.17, 15) is 14.9 Å². The van der Waals surface area contributed by atoms with E-state index in [1.807, 2.05) is 7.05 Å². The molecule has 1 aliphatic carbocycles. The molecule has 0 spiro atoms. The maximum absolute atomic E-state index is 12.2. The summed E-state index contributed by atoms with van der Waals surface area (Å²) in [5.41, 5.74) is 1.09. The molecular formula is C17H25N3O3. The van der Waals surface area contributed by atoms with Crippen molar-refractivity contribution in [3.63, 3.8) is 0 Å². The molecule has 1 aromatic carbocycles. The Morgan fingerprint density at radius 1 is 1.30 bits per heavy atom. The Hall–Kier alpha value is -1.95. The van der Waals surface area contributed by atoms with Crippen molar-refractivity contribution in [1.29, 1.82) is 0 Å². The first-order valence-electron chi connectivity index (χ1n) is 8.22. The fourth-order valence-corrected chi connectivity index (χ4v) is 3.14. The van der Waals surface area contributed by atoms with Crippen LogP contribution in [0, 0.1) is 17.0 Å². The second kappa shape index (κ2) is 8.06. The lowest BCUT2D eigenvalue weighted by molar-refractivity contribution is -0.385. The van der Waals surface area contributed by atoms with E-state index in [0.717, 1.165) is 12.8 Å². The summed E-state index contributed by atoms with van der Waals surface area (Å²) in [6.45, 7) is 2.00. The number of benzene rings is 1. The van der Waals surface area contributed by atoms with Crippen molar-refractivity contribution >= 4 is 17.3 Å². The number of nitrogens with zero attached hydrogens (tertiary/aromatic N) is 2. The monoisotopic (exact) mass is 319 g/mol. The molecule has 0 heterocycles. The molecule has 1 saturated carbocycles. The zero-order valence-corrected chi connectivity index (χ0v) is 13.9. The van der Waals surface area contributed by atoms with Gasteiger partial charge in [-0.2, -0.15) is 0 Å². The predicted molar refractivity (Wildman–Crippen MR) is 90.6 cm³/mol. The first kappa shape index (κ1) is 17.4. The molecule has 0 unspecified atom stereocenters. The Morgan fingerprint density at radius 3 is 2.57 bits per heavy atom. The minimum absolute atomic E-state index is 0.0277. The molecule has 0 aromatic heterocycles. The summed E-state index contributed by atoms with van der Waals surface area (Å²) >= 11 is 0. The summed E-state index contributed by atoms with van der Waals surface area (Å²) in [6.07, 6.45) is 7.29. The van der Waals surface area contributed by atoms with Gasteiger partial charge >= 0.3 is 0 Å². The third-order valence-corrected chi connectivity index (χ3v) is 4.53. The molecule has 1 fully saturated rings. The van der Waals surface area contributed by atoms with Gasteiger partial charge in [-0.1, -0.05) is 31.7 Å². The molecule has 6 nitrogen and oxygen atoms in total. The third-order valence-electron chi connectivity index (χ3n) is 4.53. The van der Waals surface area contributed by atoms with Gasteiger partial charge in [0, 0.05) is 23.4 Å². The van der Waals surface area contributed by atoms with E-state index in [0.29, 0.717) is 23.8 Å². The molecular weight excluding hydrogens is 294 g/mol. The largest absolute Gasteiger partial charge is 0.325 e. The maximum Gasteiger partial charge on any atom is 0.274 e. The van der Waals surface area contributed by atoms with Gasteiger partial charge < -0.3 is 5.32 Å². The van der Waals surface area contributed by atoms with E-state index in [2.05, 4.69) is 10.2 Å². The second-order valence-corrected chi connectivity index (χ2v) is 6.37. The van der Waals surface area contributed by atoms with Crippen LogP contribution in [0.4, 0.5) is 11.4 Å². The number of carbonyl (C=O) groups excluding carboxylic acids is 1. The molecule has 1 amide bonds. The number of hydrogen-bond acceptors (Lipinski definition) is 4. The molecule has 2 rings (SSSR count). The van der Waals surface area contributed by atoms with Crippen LogP contribution in [0.2, 0.25) is 0 Å². The van der Waals surface area contributed by atoms with Crippen molar-refractivity contribution in [3.8, 4) is 0 Å². The highest BCUT2D eigenvalue weighted by atomic mass is 16.6. The number of nitrogens with one attached hydrogen (secondary N) is 1. The van der Waals surface area contributed by atoms with E-state index >= 15 is 0 Å². The lowest BCUT2D eigenvalue weighted by Crippen LogP contribution is -2.37. The topological polar surface area (TPSA) is 75.5 Å². The van der Waals surface area contributed by atoms with Gasteiger partial charge in [-0.3, -0.25) is 19.8 Å². The van der Waals surface area contributed by atoms with E-state index in [4.69, 9.17) is 0 Å². The minimum Gasteiger partial charge on any atom is -0.325 e. The molecule has 0 atom stereocenters. The van der Waals surface area contributed by atoms with Crippen molar-refractivity contribution < 1.29 is 9.72 Å². The zero-order valence-electron chi connectivity index (χ0n) is 13.9. The van der Waals surface area contributed by atoms with Crippen LogP contribution >= 0.6 is 0 Å². The first-order valence-corrected chi connectivity index (χ1v) is 8.22. The molecule has 1 aliphatic rings. The van der Waals surface area contributed by atoms with E-state index < -0.39 is 4.92 Å². The Bertz CT molecular complexity index is 566. The van der Waals surface area contributed by atoms with Crippen LogP contribution < -0.4 is 5.32 Å². The summed E-state index contributed by atoms with van der Waals surface area (Å²) in [5, 5.41) is 13.7. The molecule has 0 saturated heterocycles. The Kier molecular flexibility index (Phi) is 6.10. The zero-order chi connectivity index (χ0) is 16.8. The first-order chi connectivity index (χ1) is 11.0. The number of nitro benzene ring substituents is 1. The number of aryl methyl sites for hydroxylation is 1. The number of hydrogen-bond donors (Lipinski definition) is 1. The fourth-order valence-electron chi connectivity index (χ4n) is 3.14. The van der Waals surface area contributed by atoms with Crippen molar-refractivity contribution in [2.24, 2.45) is 0 Å². The van der Waals surface area contributed by atoms with Crippen LogP contribution in [-0.2, 0) is 4.79 Å². The van der Waals surface area contributed by atoms with E-state index in [1.54, 1.807) is 19.1 Å². The highest BCUT2D eigenvalue weighted by molar-refractivity contribution is 5.92. The van der Waals surface area contributed by atoms with E-state index in [1.165, 1.54) is 31.7 Å². The van der Waals surface area contributed by atoms with Crippen molar-refractivity contribution in [3.05, 3.63) is 33.9 Å². The number of anilines is 1. The van der Waals surface area contributed by atoms with Gasteiger partial charge in [0.15, 0.2) is 0 Å². The van der Waals surface area contributed by atoms with Crippen LogP contribution in [0.25, 0.3) is 0 Å². The Morgan fingerprint density at radius 2 is 1.96 bits per heavy atom. The molecule has 23 heavy (non-hydrogen) atoms. The molecule has 1 aromatic rings. The van der Waals surface area contributed by atoms with Crippen molar-refractivity contribution in [1.82, 2.24) is 4.90 Å². The summed E-state index contributed by atoms with van der Waals surface area (Å²) < 4.78 is 0. The van der Waals surface area contributed by atoms with Crippen LogP contribution in [0.3, 0.4) is 0 Å². The highest BCUT2D eigenvalue weighted by Crippen LogP contribution is 2.23. The van der Waals surface area contributed by atoms with Gasteiger partial charge in [-0.25, -0.2) is 0 Å². The smallest absolute Gasteiger partial charge is 0.274 e. The SMILES string of the molecule is Cc1ccc(NC(=O)CN(C)C2CCCCCC2)cc1[N+](=O)[O-]. The van der Waals surface area contributed by atoms with Crippen LogP contribution in [0.5, 0.6) is 0 Å². The number of amides is 1. The summed E-state index contributed by atoms with van der Waals surface area (Å²) in [5.74, 6) is -0.130. The summed E-state index contributed by atoms with van der Waals surface area (Å²) in [7, 11) is 1.98. The highest BCUT2D eigenvalue weighted by Gasteiger charge is 2.19. The van der Waals surface area contributed by atoms with Gasteiger partial charge in [0.1, 0.15) is 0 Å². The summed E-state index contributed by atoms with van der Waals surface area (Å²) in [4.78, 5) is 24.8. The van der Waals surface area contributed by atoms with Gasteiger partial charge in [0.05, 0.1) is 11.5 Å². The van der Waals surface area contributed by atoms with Gasteiger partial charge in [-0.15, -0.1) is 0 Å². The number of carbonyl (C=O) groups is 1. The fraction of sp³-hybridized carbons (Fsp3) is 0.588. The lowest BCUT2D eigenvalue weighted by Gasteiger charge is -2.26. The van der Waals surface area contributed by atoms with Gasteiger partial charge in [-0.05, 0) is 32.9 Å². The predicted octanol–water partition coefficient (Wildman–Crippen LogP) is 3.50. The molecule has 6 heteroatoms. The number of likely N-dealkylation sites (N-methyl/N-ethyl adjacent to an activating group) is 1. The Labute approximate surface area is 137 Å². The molecule has 0 radical (unpaired) electrons.